The number of rotatable bonds is 4. The first-order valence-corrected chi connectivity index (χ1v) is 8.09. The number of hydrogen-bond donors (Lipinski definition) is 2. The number of carbonyl (C=O) groups is 1. The Morgan fingerprint density at radius 3 is 2.80 bits per heavy atom. The Kier molecular flexibility index (Phi) is 4.29. The quantitative estimate of drug-likeness (QED) is 0.764. The second kappa shape index (κ2) is 6.00. The molecule has 1 amide bonds. The highest BCUT2D eigenvalue weighted by Gasteiger charge is 2.50. The highest BCUT2D eigenvalue weighted by atomic mass is 16.3. The van der Waals surface area contributed by atoms with Crippen LogP contribution in [-0.2, 0) is 4.79 Å². The Morgan fingerprint density at radius 1 is 1.20 bits per heavy atom. The number of amides is 1. The largest absolute Gasteiger partial charge is 0.391 e. The van der Waals surface area contributed by atoms with Crippen LogP contribution >= 0.6 is 0 Å². The summed E-state index contributed by atoms with van der Waals surface area (Å²) in [6.45, 7) is 6.38. The maximum atomic E-state index is 11.9. The monoisotopic (exact) mass is 281 g/mol. The molecule has 1 spiro atoms. The fourth-order valence-electron chi connectivity index (χ4n) is 3.56. The van der Waals surface area contributed by atoms with E-state index in [0.717, 1.165) is 58.7 Å². The summed E-state index contributed by atoms with van der Waals surface area (Å²) >= 11 is 0. The third-order valence-corrected chi connectivity index (χ3v) is 5.29. The Balaban J connectivity index is 1.38. The normalized spacial score (nSPS) is 30.6. The van der Waals surface area contributed by atoms with Crippen LogP contribution in [0.25, 0.3) is 0 Å². The molecule has 0 bridgehead atoms. The lowest BCUT2D eigenvalue weighted by Gasteiger charge is -2.36. The molecule has 1 atom stereocenters. The minimum atomic E-state index is -0.125. The topological polar surface area (TPSA) is 55.8 Å². The summed E-state index contributed by atoms with van der Waals surface area (Å²) in [5, 5.41) is 13.4. The second-order valence-electron chi connectivity index (χ2n) is 6.66. The van der Waals surface area contributed by atoms with Crippen molar-refractivity contribution in [1.29, 1.82) is 0 Å². The smallest absolute Gasteiger partial charge is 0.223 e. The molecule has 0 aromatic heterocycles. The summed E-state index contributed by atoms with van der Waals surface area (Å²) in [6, 6.07) is 0. The molecule has 3 fully saturated rings. The minimum Gasteiger partial charge on any atom is -0.391 e. The van der Waals surface area contributed by atoms with Gasteiger partial charge in [0.1, 0.15) is 0 Å². The van der Waals surface area contributed by atoms with E-state index in [1.165, 1.54) is 12.8 Å². The Hall–Kier alpha value is -0.650. The van der Waals surface area contributed by atoms with Crippen molar-refractivity contribution in [2.24, 2.45) is 5.41 Å². The molecule has 0 unspecified atom stereocenters. The molecule has 1 aliphatic carbocycles. The Morgan fingerprint density at radius 2 is 2.05 bits per heavy atom. The van der Waals surface area contributed by atoms with Crippen molar-refractivity contribution in [1.82, 2.24) is 15.1 Å². The molecule has 3 rings (SSSR count). The number of carbonyl (C=O) groups excluding carboxylic acids is 1. The predicted octanol–water partition coefficient (Wildman–Crippen LogP) is 0.0452. The van der Waals surface area contributed by atoms with E-state index in [-0.39, 0.29) is 12.0 Å². The molecular formula is C15H27N3O2. The number of nitrogens with one attached hydrogen (secondary N) is 1. The molecule has 1 saturated carbocycles. The summed E-state index contributed by atoms with van der Waals surface area (Å²) in [5.74, 6) is 0.283. The van der Waals surface area contributed by atoms with Gasteiger partial charge in [-0.05, 0) is 44.2 Å². The van der Waals surface area contributed by atoms with Crippen molar-refractivity contribution < 1.29 is 9.90 Å². The summed E-state index contributed by atoms with van der Waals surface area (Å²) in [7, 11) is 0. The molecule has 2 N–H and O–H groups in total. The van der Waals surface area contributed by atoms with Crippen LogP contribution in [-0.4, -0.2) is 72.7 Å². The minimum absolute atomic E-state index is 0.125. The molecule has 2 saturated heterocycles. The van der Waals surface area contributed by atoms with E-state index in [0.29, 0.717) is 11.8 Å². The van der Waals surface area contributed by atoms with E-state index in [9.17, 15) is 9.90 Å². The lowest BCUT2D eigenvalue weighted by atomic mass is 9.90. The molecular weight excluding hydrogens is 254 g/mol. The zero-order valence-corrected chi connectivity index (χ0v) is 12.3. The molecule has 0 aromatic rings. The number of piperidine rings is 1. The fourth-order valence-corrected chi connectivity index (χ4v) is 3.56. The summed E-state index contributed by atoms with van der Waals surface area (Å²) < 4.78 is 0. The Bertz CT molecular complexity index is 357. The fraction of sp³-hybridized carbons (Fsp3) is 0.933. The lowest BCUT2D eigenvalue weighted by molar-refractivity contribution is -0.130. The second-order valence-corrected chi connectivity index (χ2v) is 6.66. The van der Waals surface area contributed by atoms with Crippen molar-refractivity contribution in [2.75, 3.05) is 45.8 Å². The molecule has 2 aliphatic heterocycles. The zero-order valence-electron chi connectivity index (χ0n) is 12.3. The van der Waals surface area contributed by atoms with Crippen molar-refractivity contribution in [3.8, 4) is 0 Å². The number of β-amino-alcohol motifs (C(OH)–C–C–N with tert-alkyl or cyclic N) is 1. The standard InChI is InChI=1S/C15H27N3O2/c19-13-12-17(10-5-15(13)3-4-15)8-1-9-18-11-7-16-6-2-14(18)20/h13,16,19H,1-12H2/t13-/m1/s1. The molecule has 5 heteroatoms. The van der Waals surface area contributed by atoms with Crippen molar-refractivity contribution in [2.45, 2.75) is 38.2 Å². The van der Waals surface area contributed by atoms with E-state index in [2.05, 4.69) is 10.2 Å². The van der Waals surface area contributed by atoms with Crippen LogP contribution in [0, 0.1) is 5.41 Å². The molecule has 0 radical (unpaired) electrons. The molecule has 2 heterocycles. The summed E-state index contributed by atoms with van der Waals surface area (Å²) in [5.41, 5.74) is 0.295. The summed E-state index contributed by atoms with van der Waals surface area (Å²) in [4.78, 5) is 16.2. The predicted molar refractivity (Wildman–Crippen MR) is 77.4 cm³/mol. The first kappa shape index (κ1) is 14.3. The highest BCUT2D eigenvalue weighted by Crippen LogP contribution is 2.53. The van der Waals surface area contributed by atoms with Gasteiger partial charge in [-0.25, -0.2) is 0 Å². The number of hydrogen-bond acceptors (Lipinski definition) is 4. The molecule has 0 aromatic carbocycles. The first-order chi connectivity index (χ1) is 9.70. The molecule has 3 aliphatic rings. The number of aliphatic hydroxyl groups excluding tert-OH is 1. The van der Waals surface area contributed by atoms with Gasteiger partial charge in [-0.1, -0.05) is 0 Å². The molecule has 5 nitrogen and oxygen atoms in total. The SMILES string of the molecule is O=C1CCNCCN1CCCN1CCC2(CC2)[C@H](O)C1. The van der Waals surface area contributed by atoms with Gasteiger partial charge >= 0.3 is 0 Å². The average molecular weight is 281 g/mol. The van der Waals surface area contributed by atoms with E-state index < -0.39 is 0 Å². The van der Waals surface area contributed by atoms with Crippen LogP contribution in [0.4, 0.5) is 0 Å². The van der Waals surface area contributed by atoms with Gasteiger partial charge in [0.05, 0.1) is 6.10 Å². The van der Waals surface area contributed by atoms with E-state index in [1.54, 1.807) is 0 Å². The van der Waals surface area contributed by atoms with Gasteiger partial charge in [-0.15, -0.1) is 0 Å². The van der Waals surface area contributed by atoms with Gasteiger partial charge in [0.15, 0.2) is 0 Å². The first-order valence-electron chi connectivity index (χ1n) is 8.09. The average Bonchev–Trinajstić information content (AvgIpc) is 3.22. The van der Waals surface area contributed by atoms with E-state index in [1.807, 2.05) is 4.90 Å². The van der Waals surface area contributed by atoms with Crippen LogP contribution in [0.3, 0.4) is 0 Å². The van der Waals surface area contributed by atoms with Crippen LogP contribution in [0.1, 0.15) is 32.1 Å². The van der Waals surface area contributed by atoms with E-state index in [4.69, 9.17) is 0 Å². The number of aliphatic hydroxyl groups is 1. The summed E-state index contributed by atoms with van der Waals surface area (Å²) in [6.07, 6.45) is 5.12. The van der Waals surface area contributed by atoms with Gasteiger partial charge in [0.2, 0.25) is 5.91 Å². The highest BCUT2D eigenvalue weighted by molar-refractivity contribution is 5.76. The molecule has 114 valence electrons. The van der Waals surface area contributed by atoms with Gasteiger partial charge in [0, 0.05) is 39.1 Å². The lowest BCUT2D eigenvalue weighted by Crippen LogP contribution is -2.45. The van der Waals surface area contributed by atoms with Crippen molar-refractivity contribution in [3.05, 3.63) is 0 Å². The Labute approximate surface area is 121 Å². The van der Waals surface area contributed by atoms with E-state index >= 15 is 0 Å². The van der Waals surface area contributed by atoms with Crippen molar-refractivity contribution >= 4 is 5.91 Å². The zero-order chi connectivity index (χ0) is 14.0. The van der Waals surface area contributed by atoms with Crippen LogP contribution < -0.4 is 5.32 Å². The van der Waals surface area contributed by atoms with Crippen LogP contribution in [0.5, 0.6) is 0 Å². The van der Waals surface area contributed by atoms with Crippen LogP contribution in [0.15, 0.2) is 0 Å². The third-order valence-electron chi connectivity index (χ3n) is 5.29. The van der Waals surface area contributed by atoms with Gasteiger partial charge in [0.25, 0.3) is 0 Å². The van der Waals surface area contributed by atoms with Gasteiger partial charge in [-0.3, -0.25) is 4.79 Å². The number of nitrogens with zero attached hydrogens (tertiary/aromatic N) is 2. The van der Waals surface area contributed by atoms with Gasteiger partial charge in [-0.2, -0.15) is 0 Å². The molecule has 20 heavy (non-hydrogen) atoms. The van der Waals surface area contributed by atoms with Gasteiger partial charge < -0.3 is 20.2 Å². The third kappa shape index (κ3) is 3.15. The number of likely N-dealkylation sites (tertiary alicyclic amines) is 1. The van der Waals surface area contributed by atoms with Crippen molar-refractivity contribution in [3.63, 3.8) is 0 Å². The van der Waals surface area contributed by atoms with Crippen LogP contribution in [0.2, 0.25) is 0 Å². The maximum Gasteiger partial charge on any atom is 0.223 e. The maximum absolute atomic E-state index is 11.9.